The first-order valence-electron chi connectivity index (χ1n) is 8.00. The van der Waals surface area contributed by atoms with Crippen molar-refractivity contribution < 1.29 is 9.52 Å². The number of oxazole rings is 1. The van der Waals surface area contributed by atoms with Crippen molar-refractivity contribution >= 4 is 0 Å². The van der Waals surface area contributed by atoms with Crippen LogP contribution in [0.5, 0.6) is 0 Å². The van der Waals surface area contributed by atoms with Gasteiger partial charge in [0.1, 0.15) is 5.76 Å². The van der Waals surface area contributed by atoms with E-state index in [9.17, 15) is 5.11 Å². The van der Waals surface area contributed by atoms with Gasteiger partial charge < -0.3 is 9.52 Å². The fourth-order valence-corrected chi connectivity index (χ4v) is 3.90. The number of nitrogens with zero attached hydrogens (tertiary/aromatic N) is 2. The second-order valence-corrected chi connectivity index (χ2v) is 6.44. The lowest BCUT2D eigenvalue weighted by Crippen LogP contribution is -2.45. The average molecular weight is 278 g/mol. The van der Waals surface area contributed by atoms with Crippen LogP contribution in [0, 0.1) is 19.8 Å². The Bertz CT molecular complexity index is 438. The Balaban J connectivity index is 1.71. The molecule has 3 rings (SSSR count). The minimum absolute atomic E-state index is 0.103. The van der Waals surface area contributed by atoms with E-state index in [1.165, 1.54) is 32.1 Å². The van der Waals surface area contributed by atoms with Gasteiger partial charge in [0.15, 0.2) is 0 Å². The van der Waals surface area contributed by atoms with Gasteiger partial charge in [0.25, 0.3) is 0 Å². The van der Waals surface area contributed by atoms with Crippen LogP contribution in [0.15, 0.2) is 4.42 Å². The average Bonchev–Trinajstić information content (AvgIpc) is 2.97. The molecular weight excluding hydrogens is 252 g/mol. The third-order valence-electron chi connectivity index (χ3n) is 5.10. The van der Waals surface area contributed by atoms with E-state index in [-0.39, 0.29) is 6.10 Å². The fourth-order valence-electron chi connectivity index (χ4n) is 3.90. The van der Waals surface area contributed by atoms with Crippen LogP contribution in [0.4, 0.5) is 0 Å². The summed E-state index contributed by atoms with van der Waals surface area (Å²) in [7, 11) is 0. The van der Waals surface area contributed by atoms with Gasteiger partial charge in [-0.2, -0.15) is 0 Å². The quantitative estimate of drug-likeness (QED) is 0.923. The number of rotatable bonds is 3. The van der Waals surface area contributed by atoms with Gasteiger partial charge in [-0.15, -0.1) is 0 Å². The minimum atomic E-state index is -0.103. The third-order valence-corrected chi connectivity index (χ3v) is 5.10. The van der Waals surface area contributed by atoms with Gasteiger partial charge in [0.05, 0.1) is 18.3 Å². The van der Waals surface area contributed by atoms with Crippen LogP contribution in [0.2, 0.25) is 0 Å². The maximum atomic E-state index is 10.2. The molecule has 4 nitrogen and oxygen atoms in total. The van der Waals surface area contributed by atoms with Crippen LogP contribution in [0.1, 0.15) is 55.9 Å². The second-order valence-electron chi connectivity index (χ2n) is 6.44. The van der Waals surface area contributed by atoms with Crippen molar-refractivity contribution in [2.75, 3.05) is 6.54 Å². The van der Waals surface area contributed by atoms with E-state index in [4.69, 9.17) is 4.42 Å². The highest BCUT2D eigenvalue weighted by atomic mass is 16.4. The number of hydrogen-bond acceptors (Lipinski definition) is 4. The molecule has 1 aliphatic heterocycles. The topological polar surface area (TPSA) is 49.5 Å². The summed E-state index contributed by atoms with van der Waals surface area (Å²) in [4.78, 5) is 7.01. The molecule has 1 aromatic rings. The number of piperidine rings is 1. The molecule has 4 heteroatoms. The summed E-state index contributed by atoms with van der Waals surface area (Å²) in [5.74, 6) is 2.21. The van der Waals surface area contributed by atoms with Gasteiger partial charge in [-0.25, -0.2) is 4.98 Å². The molecule has 0 spiro atoms. The third kappa shape index (κ3) is 2.77. The van der Waals surface area contributed by atoms with E-state index in [0.29, 0.717) is 12.0 Å². The Hall–Kier alpha value is -0.870. The summed E-state index contributed by atoms with van der Waals surface area (Å²) in [6.45, 7) is 5.87. The molecule has 1 aromatic heterocycles. The SMILES string of the molecule is Cc1nc(CN2CCCCC2C2CCCC2O)oc1C. The molecule has 1 saturated heterocycles. The second kappa shape index (κ2) is 5.86. The number of aromatic nitrogens is 1. The molecule has 0 bridgehead atoms. The summed E-state index contributed by atoms with van der Waals surface area (Å²) in [5.41, 5.74) is 0.995. The van der Waals surface area contributed by atoms with Crippen molar-refractivity contribution in [2.45, 2.75) is 71.1 Å². The Labute approximate surface area is 121 Å². The molecule has 0 radical (unpaired) electrons. The Morgan fingerprint density at radius 3 is 2.70 bits per heavy atom. The first-order valence-corrected chi connectivity index (χ1v) is 8.00. The van der Waals surface area contributed by atoms with Crippen LogP contribution in [0.25, 0.3) is 0 Å². The number of aliphatic hydroxyl groups is 1. The predicted molar refractivity (Wildman–Crippen MR) is 77.4 cm³/mol. The van der Waals surface area contributed by atoms with Crippen LogP contribution < -0.4 is 0 Å². The molecule has 1 saturated carbocycles. The van der Waals surface area contributed by atoms with E-state index < -0.39 is 0 Å². The largest absolute Gasteiger partial charge is 0.444 e. The van der Waals surface area contributed by atoms with Crippen molar-refractivity contribution in [2.24, 2.45) is 5.92 Å². The standard InChI is InChI=1S/C16H26N2O2/c1-11-12(2)20-16(17-11)10-18-9-4-3-7-14(18)13-6-5-8-15(13)19/h13-15,19H,3-10H2,1-2H3. The monoisotopic (exact) mass is 278 g/mol. The zero-order valence-electron chi connectivity index (χ0n) is 12.6. The van der Waals surface area contributed by atoms with Crippen LogP contribution >= 0.6 is 0 Å². The summed E-state index contributed by atoms with van der Waals surface area (Å²) >= 11 is 0. The number of aliphatic hydroxyl groups excluding tert-OH is 1. The molecule has 2 heterocycles. The van der Waals surface area contributed by atoms with Crippen molar-refractivity contribution in [1.82, 2.24) is 9.88 Å². The molecule has 1 N–H and O–H groups in total. The lowest BCUT2D eigenvalue weighted by atomic mass is 9.88. The molecule has 2 fully saturated rings. The normalized spacial score (nSPS) is 31.9. The van der Waals surface area contributed by atoms with Crippen LogP contribution in [0.3, 0.4) is 0 Å². The highest BCUT2D eigenvalue weighted by molar-refractivity contribution is 5.05. The lowest BCUT2D eigenvalue weighted by molar-refractivity contribution is 0.0270. The summed E-state index contributed by atoms with van der Waals surface area (Å²) in [6.07, 6.45) is 6.96. The minimum Gasteiger partial charge on any atom is -0.444 e. The molecule has 3 unspecified atom stereocenters. The predicted octanol–water partition coefficient (Wildman–Crippen LogP) is 2.81. The number of aryl methyl sites for hydroxylation is 2. The Morgan fingerprint density at radius 2 is 2.05 bits per heavy atom. The van der Waals surface area contributed by atoms with Crippen molar-refractivity contribution in [3.8, 4) is 0 Å². The number of hydrogen-bond donors (Lipinski definition) is 1. The number of likely N-dealkylation sites (tertiary alicyclic amines) is 1. The maximum absolute atomic E-state index is 10.2. The molecule has 2 aliphatic rings. The van der Waals surface area contributed by atoms with E-state index in [1.807, 2.05) is 13.8 Å². The summed E-state index contributed by atoms with van der Waals surface area (Å²) < 4.78 is 5.74. The van der Waals surface area contributed by atoms with Gasteiger partial charge in [-0.05, 0) is 46.1 Å². The lowest BCUT2D eigenvalue weighted by Gasteiger charge is -2.39. The van der Waals surface area contributed by atoms with Gasteiger partial charge in [-0.1, -0.05) is 12.8 Å². The summed E-state index contributed by atoms with van der Waals surface area (Å²) in [6, 6.07) is 0.508. The van der Waals surface area contributed by atoms with Gasteiger partial charge in [-0.3, -0.25) is 4.90 Å². The molecule has 0 amide bonds. The van der Waals surface area contributed by atoms with Crippen molar-refractivity contribution in [3.63, 3.8) is 0 Å². The van der Waals surface area contributed by atoms with Gasteiger partial charge >= 0.3 is 0 Å². The van der Waals surface area contributed by atoms with Crippen LogP contribution in [-0.2, 0) is 6.54 Å². The highest BCUT2D eigenvalue weighted by Gasteiger charge is 2.37. The van der Waals surface area contributed by atoms with E-state index >= 15 is 0 Å². The molecule has 20 heavy (non-hydrogen) atoms. The first-order chi connectivity index (χ1) is 9.65. The fraction of sp³-hybridized carbons (Fsp3) is 0.812. The smallest absolute Gasteiger partial charge is 0.208 e. The molecular formula is C16H26N2O2. The zero-order chi connectivity index (χ0) is 14.1. The van der Waals surface area contributed by atoms with Crippen LogP contribution in [-0.4, -0.2) is 33.7 Å². The Morgan fingerprint density at radius 1 is 1.20 bits per heavy atom. The first kappa shape index (κ1) is 14.1. The summed E-state index contributed by atoms with van der Waals surface area (Å²) in [5, 5.41) is 10.2. The molecule has 0 aromatic carbocycles. The van der Waals surface area contributed by atoms with Gasteiger partial charge in [0, 0.05) is 12.0 Å². The highest BCUT2D eigenvalue weighted by Crippen LogP contribution is 2.35. The maximum Gasteiger partial charge on any atom is 0.208 e. The van der Waals surface area contributed by atoms with E-state index in [2.05, 4.69) is 9.88 Å². The zero-order valence-corrected chi connectivity index (χ0v) is 12.6. The molecule has 112 valence electrons. The molecule has 1 aliphatic carbocycles. The Kier molecular flexibility index (Phi) is 4.13. The molecule has 3 atom stereocenters. The van der Waals surface area contributed by atoms with Crippen molar-refractivity contribution in [3.05, 3.63) is 17.3 Å². The van der Waals surface area contributed by atoms with Gasteiger partial charge in [0.2, 0.25) is 5.89 Å². The van der Waals surface area contributed by atoms with E-state index in [1.54, 1.807) is 0 Å². The van der Waals surface area contributed by atoms with Crippen molar-refractivity contribution in [1.29, 1.82) is 0 Å². The van der Waals surface area contributed by atoms with E-state index in [0.717, 1.165) is 36.9 Å².